The number of aromatic nitrogens is 3. The summed E-state index contributed by atoms with van der Waals surface area (Å²) in [7, 11) is 10.4. The van der Waals surface area contributed by atoms with Gasteiger partial charge in [-0.05, 0) is 93.5 Å². The van der Waals surface area contributed by atoms with E-state index in [2.05, 4.69) is 42.4 Å². The number of benzene rings is 1. The Morgan fingerprint density at radius 2 is 1.84 bits per heavy atom. The zero-order valence-corrected chi connectivity index (χ0v) is 43.2. The molecule has 6 bridgehead atoms. The summed E-state index contributed by atoms with van der Waals surface area (Å²) >= 11 is 0. The van der Waals surface area contributed by atoms with Crippen LogP contribution in [0.3, 0.4) is 0 Å². The second-order valence-corrected chi connectivity index (χ2v) is 21.7. The van der Waals surface area contributed by atoms with E-state index in [-0.39, 0.29) is 67.9 Å². The summed E-state index contributed by atoms with van der Waals surface area (Å²) in [5, 5.41) is 2.20. The van der Waals surface area contributed by atoms with Gasteiger partial charge in [-0.25, -0.2) is 14.2 Å². The lowest BCUT2D eigenvalue weighted by atomic mass is 9.84. The molecule has 0 saturated carbocycles. The number of hydrogen-bond acceptors (Lipinski definition) is 10. The van der Waals surface area contributed by atoms with Gasteiger partial charge in [0.1, 0.15) is 17.2 Å². The van der Waals surface area contributed by atoms with Crippen molar-refractivity contribution in [3.63, 3.8) is 0 Å². The first-order valence-corrected chi connectivity index (χ1v) is 24.7. The van der Waals surface area contributed by atoms with Crippen molar-refractivity contribution in [2.24, 2.45) is 11.3 Å². The fourth-order valence-corrected chi connectivity index (χ4v) is 10.9. The second-order valence-electron chi connectivity index (χ2n) is 19.9. The van der Waals surface area contributed by atoms with Crippen LogP contribution in [-0.2, 0) is 52.8 Å². The van der Waals surface area contributed by atoms with E-state index in [0.29, 0.717) is 31.5 Å². The first-order valence-electron chi connectivity index (χ1n) is 23.7. The number of pyridine rings is 2. The highest BCUT2D eigenvalue weighted by molar-refractivity contribution is 6.29. The standard InChI is InChI=1S/C51H62F2N8O7Si2/c1-10-40(62)59-21-18-50(69,27-59)47(65)58(8)42(29(3)4)45(63)56-38-25-33-22-32(44(52)53)24-37(55-33)31-15-16-39-35(23-31)36(43(60(39)11-2)34-14-12-19-54-41(34)30(5)67-9)26-49(6,7)28-68-48(66)51(70)17-13-20-61(57-51)46(38)64/h10,12,14-16,19,22-24,29-30,38,42,44,57H,1,11,13,17-18,20-21,25-28H2,2-9H3,(H,56,63)/t30-,38-,42-,50+,51-/m0/s1. The predicted octanol–water partition coefficient (Wildman–Crippen LogP) is 5.80. The molecule has 2 fully saturated rings. The van der Waals surface area contributed by atoms with E-state index in [0.717, 1.165) is 33.4 Å². The Labute approximate surface area is 414 Å². The number of likely N-dealkylation sites (tertiary alicyclic amines) is 1. The van der Waals surface area contributed by atoms with Crippen LogP contribution in [0, 0.1) is 11.3 Å². The van der Waals surface area contributed by atoms with Crippen molar-refractivity contribution < 1.29 is 42.2 Å². The van der Waals surface area contributed by atoms with Crippen LogP contribution in [0.25, 0.3) is 33.4 Å². The number of nitrogens with zero attached hydrogens (tertiary/aromatic N) is 6. The lowest BCUT2D eigenvalue weighted by molar-refractivity contribution is -0.158. The molecule has 70 heavy (non-hydrogen) atoms. The Balaban J connectivity index is 1.36. The highest BCUT2D eigenvalue weighted by Crippen LogP contribution is 2.43. The third-order valence-electron chi connectivity index (χ3n) is 13.7. The Hall–Kier alpha value is -5.64. The normalized spacial score (nSPS) is 22.7. The molecule has 2 saturated heterocycles. The zero-order valence-electron chi connectivity index (χ0n) is 41.2. The number of fused-ring (bicyclic) bond motifs is 6. The summed E-state index contributed by atoms with van der Waals surface area (Å²) in [6.45, 7) is 16.1. The Bertz CT molecular complexity index is 2700. The van der Waals surface area contributed by atoms with Gasteiger partial charge in [0, 0.05) is 102 Å². The number of ether oxygens (including phenoxy) is 2. The molecule has 0 spiro atoms. The van der Waals surface area contributed by atoms with Gasteiger partial charge in [-0.2, -0.15) is 0 Å². The number of esters is 1. The molecule has 370 valence electrons. The molecule has 19 heteroatoms. The third-order valence-corrected chi connectivity index (χ3v) is 14.9. The number of halogens is 2. The number of carbonyl (C=O) groups excluding carboxylic acids is 5. The van der Waals surface area contributed by atoms with Crippen LogP contribution in [0.2, 0.25) is 5.04 Å². The van der Waals surface area contributed by atoms with E-state index in [4.69, 9.17) is 19.4 Å². The molecule has 0 aliphatic carbocycles. The van der Waals surface area contributed by atoms with Gasteiger partial charge in [0.25, 0.3) is 12.3 Å². The van der Waals surface area contributed by atoms with E-state index in [1.807, 2.05) is 58.0 Å². The topological polar surface area (TPSA) is 168 Å². The average molecular weight is 993 g/mol. The third kappa shape index (κ3) is 10.4. The summed E-state index contributed by atoms with van der Waals surface area (Å²) in [6, 6.07) is 9.62. The van der Waals surface area contributed by atoms with E-state index in [1.54, 1.807) is 27.2 Å². The molecule has 1 aromatic carbocycles. The molecule has 0 unspecified atom stereocenters. The maximum absolute atomic E-state index is 15.0. The minimum Gasteiger partial charge on any atom is -0.464 e. The first-order chi connectivity index (χ1) is 33.0. The molecule has 6 heterocycles. The minimum atomic E-state index is -2.92. The van der Waals surface area contributed by atoms with Crippen molar-refractivity contribution in [1.82, 2.24) is 40.1 Å². The fraction of sp³-hybridized carbons (Fsp3) is 0.510. The summed E-state index contributed by atoms with van der Waals surface area (Å²) in [5.41, 5.74) is 7.19. The minimum absolute atomic E-state index is 0.0129. The lowest BCUT2D eigenvalue weighted by Crippen LogP contribution is -2.67. The smallest absolute Gasteiger partial charge is 0.323 e. The number of aryl methyl sites for hydroxylation is 1. The van der Waals surface area contributed by atoms with Gasteiger partial charge in [0.05, 0.1) is 45.1 Å². The summed E-state index contributed by atoms with van der Waals surface area (Å²) < 4.78 is 44.2. The zero-order chi connectivity index (χ0) is 51.0. The van der Waals surface area contributed by atoms with Crippen LogP contribution in [-0.4, -0.2) is 137 Å². The van der Waals surface area contributed by atoms with Crippen LogP contribution < -0.4 is 10.7 Å². The number of alkyl halides is 2. The number of methoxy groups -OCH3 is 1. The average Bonchev–Trinajstić information content (AvgIpc) is 3.88. The molecule has 3 aromatic heterocycles. The highest BCUT2D eigenvalue weighted by atomic mass is 28.1. The number of cyclic esters (lactones) is 1. The number of likely N-dealkylation sites (N-methyl/N-ethyl adjacent to an activating group) is 1. The van der Waals surface area contributed by atoms with Crippen LogP contribution in [0.5, 0.6) is 0 Å². The van der Waals surface area contributed by atoms with E-state index >= 15 is 8.78 Å². The first kappa shape index (κ1) is 52.2. The van der Waals surface area contributed by atoms with Crippen LogP contribution in [0.4, 0.5) is 8.78 Å². The van der Waals surface area contributed by atoms with Crippen LogP contribution in [0.15, 0.2) is 61.3 Å². The van der Waals surface area contributed by atoms with Gasteiger partial charge in [-0.1, -0.05) is 40.3 Å². The molecule has 4 aromatic rings. The fourth-order valence-electron chi connectivity index (χ4n) is 10.1. The van der Waals surface area contributed by atoms with Crippen LogP contribution in [0.1, 0.15) is 95.8 Å². The molecular formula is C51H62F2N8O7Si2. The highest BCUT2D eigenvalue weighted by Gasteiger charge is 2.47. The monoisotopic (exact) mass is 992 g/mol. The molecule has 3 aliphatic heterocycles. The summed E-state index contributed by atoms with van der Waals surface area (Å²) in [5.74, 6) is -3.26. The van der Waals surface area contributed by atoms with Crippen molar-refractivity contribution in [3.8, 4) is 22.5 Å². The van der Waals surface area contributed by atoms with Gasteiger partial charge in [0.15, 0.2) is 0 Å². The Kier molecular flexibility index (Phi) is 15.4. The molecular weight excluding hydrogens is 931 g/mol. The lowest BCUT2D eigenvalue weighted by Gasteiger charge is -2.42. The predicted molar refractivity (Wildman–Crippen MR) is 262 cm³/mol. The van der Waals surface area contributed by atoms with Crippen LogP contribution >= 0.6 is 0 Å². The molecule has 2 N–H and O–H groups in total. The van der Waals surface area contributed by atoms with Gasteiger partial charge in [0.2, 0.25) is 17.7 Å². The number of amides is 4. The maximum atomic E-state index is 15.0. The molecule has 6 radical (unpaired) electrons. The molecule has 5 atom stereocenters. The van der Waals surface area contributed by atoms with Gasteiger partial charge < -0.3 is 29.2 Å². The van der Waals surface area contributed by atoms with Gasteiger partial charge >= 0.3 is 5.97 Å². The van der Waals surface area contributed by atoms with Crippen molar-refractivity contribution in [3.05, 3.63) is 83.8 Å². The Morgan fingerprint density at radius 1 is 1.10 bits per heavy atom. The van der Waals surface area contributed by atoms with E-state index < -0.39 is 63.7 Å². The SMILES string of the molecule is C=CC(=O)N1CC[C@]([Si])(C(=O)N(C)[C@H](C(=O)N[C@H]2Cc3cc(C(F)F)cc(n3)-c3ccc4c(c3)c(c(-c3cccnc3[C@H](C)OC)n4CC)CC(C)(C)COC(=O)[C@@]3([Si])CCCN(N3)C2=O)C(C)C)C1. The van der Waals surface area contributed by atoms with E-state index in [1.165, 1.54) is 40.1 Å². The molecule has 15 nitrogen and oxygen atoms in total. The number of hydrogen-bond donors (Lipinski definition) is 2. The molecule has 7 rings (SSSR count). The van der Waals surface area contributed by atoms with Gasteiger partial charge in [-0.15, -0.1) is 0 Å². The Morgan fingerprint density at radius 3 is 2.51 bits per heavy atom. The number of nitrogens with one attached hydrogen (secondary N) is 2. The van der Waals surface area contributed by atoms with Crippen molar-refractivity contribution >= 4 is 61.0 Å². The second kappa shape index (κ2) is 20.6. The largest absolute Gasteiger partial charge is 0.464 e. The number of hydrazine groups is 1. The van der Waals surface area contributed by atoms with E-state index in [9.17, 15) is 24.0 Å². The molecule has 3 aliphatic rings. The summed E-state index contributed by atoms with van der Waals surface area (Å²) in [4.78, 5) is 83.0. The maximum Gasteiger partial charge on any atom is 0.323 e. The number of carbonyl (C=O) groups is 5. The van der Waals surface area contributed by atoms with Crippen molar-refractivity contribution in [1.29, 1.82) is 0 Å². The number of rotatable bonds is 11. The van der Waals surface area contributed by atoms with Crippen molar-refractivity contribution in [2.45, 2.75) is 115 Å². The van der Waals surface area contributed by atoms with Crippen molar-refractivity contribution in [2.75, 3.05) is 40.4 Å². The molecule has 4 amide bonds. The summed E-state index contributed by atoms with van der Waals surface area (Å²) in [6.07, 6.45) is 0.596. The quantitative estimate of drug-likeness (QED) is 0.107. The van der Waals surface area contributed by atoms with Gasteiger partial charge in [-0.3, -0.25) is 38.9 Å².